The predicted molar refractivity (Wildman–Crippen MR) is 60.7 cm³/mol. The van der Waals surface area contributed by atoms with Crippen LogP contribution in [-0.4, -0.2) is 17.5 Å². The lowest BCUT2D eigenvalue weighted by molar-refractivity contribution is -0.121. The number of amides is 1. The summed E-state index contributed by atoms with van der Waals surface area (Å²) >= 11 is 0. The topological polar surface area (TPSA) is 34.0 Å². The maximum Gasteiger partial charge on any atom is 0.239 e. The Morgan fingerprint density at radius 3 is 2.87 bits per heavy atom. The van der Waals surface area contributed by atoms with E-state index >= 15 is 0 Å². The van der Waals surface area contributed by atoms with E-state index in [9.17, 15) is 4.79 Å². The molecule has 78 valence electrons. The number of fused-ring (bicyclic) bond motifs is 1. The maximum absolute atomic E-state index is 11.3. The van der Waals surface area contributed by atoms with Gasteiger partial charge in [0.1, 0.15) is 6.54 Å². The highest BCUT2D eigenvalue weighted by Crippen LogP contribution is 2.18. The van der Waals surface area contributed by atoms with Crippen molar-refractivity contribution in [1.29, 1.82) is 0 Å². The van der Waals surface area contributed by atoms with E-state index in [1.54, 1.807) is 7.05 Å². The number of aromatic nitrogens is 1. The van der Waals surface area contributed by atoms with Crippen molar-refractivity contribution in [2.75, 3.05) is 7.05 Å². The Kier molecular flexibility index (Phi) is 2.46. The van der Waals surface area contributed by atoms with Crippen molar-refractivity contribution >= 4 is 16.8 Å². The summed E-state index contributed by atoms with van der Waals surface area (Å²) in [7, 11) is 1.66. The molecule has 0 aliphatic rings. The highest BCUT2D eigenvalue weighted by atomic mass is 16.1. The molecule has 1 heterocycles. The van der Waals surface area contributed by atoms with E-state index in [0.717, 1.165) is 11.2 Å². The first-order chi connectivity index (χ1) is 7.22. The predicted octanol–water partition coefficient (Wildman–Crippen LogP) is 1.70. The molecular formula is C12H14N2O. The van der Waals surface area contributed by atoms with E-state index in [1.165, 1.54) is 5.39 Å². The molecule has 0 aliphatic heterocycles. The molecule has 0 saturated heterocycles. The molecule has 3 nitrogen and oxygen atoms in total. The molecule has 1 N–H and O–H groups in total. The number of hydrogen-bond donors (Lipinski definition) is 1. The van der Waals surface area contributed by atoms with Crippen LogP contribution in [0.25, 0.3) is 10.9 Å². The van der Waals surface area contributed by atoms with Gasteiger partial charge in [-0.25, -0.2) is 0 Å². The molecule has 3 heteroatoms. The summed E-state index contributed by atoms with van der Waals surface area (Å²) in [5, 5.41) is 3.81. The van der Waals surface area contributed by atoms with Crippen LogP contribution in [0.2, 0.25) is 0 Å². The first kappa shape index (κ1) is 9.77. The highest BCUT2D eigenvalue weighted by molar-refractivity contribution is 5.84. The van der Waals surface area contributed by atoms with Crippen LogP contribution in [0.4, 0.5) is 0 Å². The lowest BCUT2D eigenvalue weighted by Crippen LogP contribution is -2.23. The molecular weight excluding hydrogens is 188 g/mol. The number of carbonyl (C=O) groups is 1. The molecule has 0 spiro atoms. The van der Waals surface area contributed by atoms with Gasteiger partial charge >= 0.3 is 0 Å². The van der Waals surface area contributed by atoms with Crippen LogP contribution in [0, 0.1) is 6.92 Å². The van der Waals surface area contributed by atoms with Crippen molar-refractivity contribution in [2.24, 2.45) is 0 Å². The number of likely N-dealkylation sites (N-methyl/N-ethyl adjacent to an activating group) is 1. The molecule has 15 heavy (non-hydrogen) atoms. The number of nitrogens with zero attached hydrogens (tertiary/aromatic N) is 1. The highest BCUT2D eigenvalue weighted by Gasteiger charge is 2.07. The normalized spacial score (nSPS) is 10.5. The first-order valence-corrected chi connectivity index (χ1v) is 4.98. The second-order valence-corrected chi connectivity index (χ2v) is 3.60. The SMILES string of the molecule is CNC(=O)Cn1c(C)cc2ccccc21. The van der Waals surface area contributed by atoms with Crippen LogP contribution in [0.1, 0.15) is 5.69 Å². The zero-order chi connectivity index (χ0) is 10.8. The van der Waals surface area contributed by atoms with E-state index in [-0.39, 0.29) is 5.91 Å². The third kappa shape index (κ3) is 1.73. The Morgan fingerprint density at radius 2 is 2.13 bits per heavy atom. The molecule has 0 bridgehead atoms. The number of hydrogen-bond acceptors (Lipinski definition) is 1. The number of nitrogens with one attached hydrogen (secondary N) is 1. The average Bonchev–Trinajstić information content (AvgIpc) is 2.55. The van der Waals surface area contributed by atoms with Gasteiger partial charge in [0.15, 0.2) is 0 Å². The van der Waals surface area contributed by atoms with E-state index in [1.807, 2.05) is 29.7 Å². The Hall–Kier alpha value is -1.77. The summed E-state index contributed by atoms with van der Waals surface area (Å²) in [4.78, 5) is 11.3. The van der Waals surface area contributed by atoms with Crippen molar-refractivity contribution in [3.05, 3.63) is 36.0 Å². The number of rotatable bonds is 2. The molecule has 1 aromatic carbocycles. The summed E-state index contributed by atoms with van der Waals surface area (Å²) < 4.78 is 2.02. The van der Waals surface area contributed by atoms with Crippen molar-refractivity contribution in [3.63, 3.8) is 0 Å². The molecule has 0 radical (unpaired) electrons. The van der Waals surface area contributed by atoms with E-state index in [4.69, 9.17) is 0 Å². The van der Waals surface area contributed by atoms with Gasteiger partial charge in [-0.2, -0.15) is 0 Å². The Balaban J connectivity index is 2.49. The fourth-order valence-electron chi connectivity index (χ4n) is 1.78. The van der Waals surface area contributed by atoms with Gasteiger partial charge < -0.3 is 9.88 Å². The molecule has 2 aromatic rings. The Bertz CT molecular complexity index is 499. The smallest absolute Gasteiger partial charge is 0.239 e. The van der Waals surface area contributed by atoms with Crippen LogP contribution in [-0.2, 0) is 11.3 Å². The minimum Gasteiger partial charge on any atom is -0.358 e. The van der Waals surface area contributed by atoms with Gasteiger partial charge in [0.2, 0.25) is 5.91 Å². The van der Waals surface area contributed by atoms with Gasteiger partial charge in [0, 0.05) is 18.3 Å². The van der Waals surface area contributed by atoms with Crippen molar-refractivity contribution in [1.82, 2.24) is 9.88 Å². The molecule has 2 rings (SSSR count). The quantitative estimate of drug-likeness (QED) is 0.790. The fraction of sp³-hybridized carbons (Fsp3) is 0.250. The van der Waals surface area contributed by atoms with Crippen LogP contribution in [0.5, 0.6) is 0 Å². The molecule has 0 aliphatic carbocycles. The lowest BCUT2D eigenvalue weighted by atomic mass is 10.2. The van der Waals surface area contributed by atoms with Crippen LogP contribution < -0.4 is 5.32 Å². The number of para-hydroxylation sites is 1. The molecule has 0 fully saturated rings. The largest absolute Gasteiger partial charge is 0.358 e. The first-order valence-electron chi connectivity index (χ1n) is 4.98. The van der Waals surface area contributed by atoms with Gasteiger partial charge in [0.25, 0.3) is 0 Å². The summed E-state index contributed by atoms with van der Waals surface area (Å²) in [6.07, 6.45) is 0. The third-order valence-corrected chi connectivity index (χ3v) is 2.60. The van der Waals surface area contributed by atoms with Crippen molar-refractivity contribution in [2.45, 2.75) is 13.5 Å². The maximum atomic E-state index is 11.3. The minimum absolute atomic E-state index is 0.0273. The standard InChI is InChI=1S/C12H14N2O/c1-9-7-10-5-3-4-6-11(10)14(9)8-12(15)13-2/h3-7H,8H2,1-2H3,(H,13,15). The molecule has 1 aromatic heterocycles. The Morgan fingerprint density at radius 1 is 1.40 bits per heavy atom. The van der Waals surface area contributed by atoms with Crippen molar-refractivity contribution < 1.29 is 4.79 Å². The van der Waals surface area contributed by atoms with Gasteiger partial charge in [-0.05, 0) is 24.4 Å². The van der Waals surface area contributed by atoms with Gasteiger partial charge in [-0.3, -0.25) is 4.79 Å². The number of benzene rings is 1. The zero-order valence-electron chi connectivity index (χ0n) is 8.95. The number of aryl methyl sites for hydroxylation is 1. The minimum atomic E-state index is 0.0273. The summed E-state index contributed by atoms with van der Waals surface area (Å²) in [6.45, 7) is 2.40. The van der Waals surface area contributed by atoms with E-state index in [0.29, 0.717) is 6.54 Å². The summed E-state index contributed by atoms with van der Waals surface area (Å²) in [5.41, 5.74) is 2.22. The number of carbonyl (C=O) groups excluding carboxylic acids is 1. The second kappa shape index (κ2) is 3.77. The molecule has 1 amide bonds. The lowest BCUT2D eigenvalue weighted by Gasteiger charge is -2.06. The summed E-state index contributed by atoms with van der Waals surface area (Å²) in [6, 6.07) is 10.2. The van der Waals surface area contributed by atoms with Crippen LogP contribution in [0.3, 0.4) is 0 Å². The van der Waals surface area contributed by atoms with Gasteiger partial charge in [-0.15, -0.1) is 0 Å². The molecule has 0 saturated carbocycles. The third-order valence-electron chi connectivity index (χ3n) is 2.60. The fourth-order valence-corrected chi connectivity index (χ4v) is 1.78. The van der Waals surface area contributed by atoms with Crippen LogP contribution in [0.15, 0.2) is 30.3 Å². The van der Waals surface area contributed by atoms with E-state index in [2.05, 4.69) is 17.4 Å². The van der Waals surface area contributed by atoms with Gasteiger partial charge in [0.05, 0.1) is 0 Å². The van der Waals surface area contributed by atoms with E-state index < -0.39 is 0 Å². The second-order valence-electron chi connectivity index (χ2n) is 3.60. The van der Waals surface area contributed by atoms with Crippen LogP contribution >= 0.6 is 0 Å². The average molecular weight is 202 g/mol. The van der Waals surface area contributed by atoms with Crippen molar-refractivity contribution in [3.8, 4) is 0 Å². The zero-order valence-corrected chi connectivity index (χ0v) is 8.95. The monoisotopic (exact) mass is 202 g/mol. The molecule has 0 unspecified atom stereocenters. The summed E-state index contributed by atoms with van der Waals surface area (Å²) in [5.74, 6) is 0.0273. The van der Waals surface area contributed by atoms with Gasteiger partial charge in [-0.1, -0.05) is 18.2 Å². The molecule has 0 atom stereocenters. The Labute approximate surface area is 88.7 Å².